The molecule has 0 aromatic heterocycles. The van der Waals surface area contributed by atoms with Gasteiger partial charge in [0.1, 0.15) is 0 Å². The van der Waals surface area contributed by atoms with Crippen LogP contribution < -0.4 is 0 Å². The van der Waals surface area contributed by atoms with Gasteiger partial charge >= 0.3 is 5.97 Å². The summed E-state index contributed by atoms with van der Waals surface area (Å²) in [5, 5.41) is 32.6. The first kappa shape index (κ1) is 24.8. The Labute approximate surface area is 206 Å². The second-order valence-electron chi connectivity index (χ2n) is 14.8. The first-order valence-corrected chi connectivity index (χ1v) is 13.9. The number of aliphatic hydroxyl groups excluding tert-OH is 1. The average Bonchev–Trinajstić information content (AvgIpc) is 2.74. The molecule has 4 nitrogen and oxygen atoms in total. The van der Waals surface area contributed by atoms with Crippen LogP contribution >= 0.6 is 0 Å². The predicted octanol–water partition coefficient (Wildman–Crippen LogP) is 6.06. The minimum absolute atomic E-state index is 0.0447. The highest BCUT2D eigenvalue weighted by Crippen LogP contribution is 2.76. The molecule has 4 saturated carbocycles. The molecule has 11 atom stereocenters. The van der Waals surface area contributed by atoms with Crippen molar-refractivity contribution in [2.75, 3.05) is 0 Å². The van der Waals surface area contributed by atoms with Crippen molar-refractivity contribution in [3.05, 3.63) is 12.2 Å². The van der Waals surface area contributed by atoms with Crippen LogP contribution in [0.1, 0.15) is 99.8 Å². The molecular weight excluding hydrogens is 424 g/mol. The number of carboxylic acid groups (broad SMARTS) is 1. The number of carbonyl (C=O) groups is 1. The van der Waals surface area contributed by atoms with Gasteiger partial charge in [-0.1, -0.05) is 53.7 Å². The van der Waals surface area contributed by atoms with Crippen LogP contribution in [0.3, 0.4) is 0 Å². The van der Waals surface area contributed by atoms with Crippen molar-refractivity contribution >= 4 is 5.97 Å². The molecule has 5 rings (SSSR count). The Morgan fingerprint density at radius 3 is 2.15 bits per heavy atom. The number of aliphatic carboxylic acids is 1. The zero-order chi connectivity index (χ0) is 25.1. The van der Waals surface area contributed by atoms with Gasteiger partial charge in [0.25, 0.3) is 0 Å². The Hall–Kier alpha value is -0.870. The topological polar surface area (TPSA) is 77.8 Å². The maximum atomic E-state index is 12.8. The van der Waals surface area contributed by atoms with E-state index in [0.717, 1.165) is 44.9 Å². The molecule has 0 aliphatic heterocycles. The van der Waals surface area contributed by atoms with E-state index in [-0.39, 0.29) is 39.6 Å². The molecule has 5 aliphatic rings. The lowest BCUT2D eigenvalue weighted by Gasteiger charge is -2.73. The molecule has 0 aromatic carbocycles. The quantitative estimate of drug-likeness (QED) is 0.405. The standard InChI is InChI=1S/C30H48O4/c1-18-23-19-8-9-21-26(4)12-11-22(31)25(2,3)20(26)10-13-28(21,6)27(19,5)14-16-30(23,24(32)33)17-15-29(18,7)34/h15,17-23,31,34H,8-14,16H2,1-7H3,(H,32,33)/t18-,19-,20+,21?,22+,23+,26+,27-,28-,29-,30-/m1/s1. The summed E-state index contributed by atoms with van der Waals surface area (Å²) in [4.78, 5) is 12.8. The zero-order valence-corrected chi connectivity index (χ0v) is 22.5. The van der Waals surface area contributed by atoms with E-state index >= 15 is 0 Å². The van der Waals surface area contributed by atoms with Gasteiger partial charge in [-0.25, -0.2) is 0 Å². The second-order valence-corrected chi connectivity index (χ2v) is 14.8. The van der Waals surface area contributed by atoms with E-state index in [9.17, 15) is 20.1 Å². The van der Waals surface area contributed by atoms with Crippen molar-refractivity contribution < 1.29 is 20.1 Å². The highest BCUT2D eigenvalue weighted by Gasteiger charge is 2.71. The highest BCUT2D eigenvalue weighted by molar-refractivity contribution is 5.78. The molecular formula is C30H48O4. The van der Waals surface area contributed by atoms with E-state index in [0.29, 0.717) is 24.2 Å². The summed E-state index contributed by atoms with van der Waals surface area (Å²) in [5.41, 5.74) is -1.45. The van der Waals surface area contributed by atoms with E-state index in [1.807, 2.05) is 13.0 Å². The number of aliphatic hydroxyl groups is 2. The van der Waals surface area contributed by atoms with Crippen molar-refractivity contribution in [2.24, 2.45) is 56.7 Å². The molecule has 0 saturated heterocycles. The van der Waals surface area contributed by atoms with Gasteiger partial charge in [0.15, 0.2) is 0 Å². The van der Waals surface area contributed by atoms with E-state index in [4.69, 9.17) is 0 Å². The summed E-state index contributed by atoms with van der Waals surface area (Å²) in [6.07, 6.45) is 11.5. The van der Waals surface area contributed by atoms with Gasteiger partial charge in [-0.05, 0) is 110 Å². The van der Waals surface area contributed by atoms with Gasteiger partial charge in [0.2, 0.25) is 0 Å². The molecule has 0 spiro atoms. The third kappa shape index (κ3) is 2.76. The molecule has 34 heavy (non-hydrogen) atoms. The van der Waals surface area contributed by atoms with Crippen LogP contribution in [-0.2, 0) is 4.79 Å². The molecule has 5 aliphatic carbocycles. The van der Waals surface area contributed by atoms with Crippen molar-refractivity contribution in [1.82, 2.24) is 0 Å². The zero-order valence-electron chi connectivity index (χ0n) is 22.5. The largest absolute Gasteiger partial charge is 0.481 e. The molecule has 4 heteroatoms. The molecule has 0 aromatic rings. The Morgan fingerprint density at radius 2 is 1.50 bits per heavy atom. The Morgan fingerprint density at radius 1 is 0.824 bits per heavy atom. The van der Waals surface area contributed by atoms with Crippen LogP contribution in [0.5, 0.6) is 0 Å². The molecule has 1 unspecified atom stereocenters. The SMILES string of the molecule is C[C@@H]1[C@H]2[C@H]3CCC4[C@@]5(C)CC[C@H](O)C(C)(C)[C@@H]5CC[C@@]4(C)[C@]3(C)CC[C@@]2(C(=O)O)C=C[C@@]1(C)O. The number of rotatable bonds is 1. The van der Waals surface area contributed by atoms with Gasteiger partial charge in [-0.3, -0.25) is 4.79 Å². The minimum atomic E-state index is -0.965. The van der Waals surface area contributed by atoms with Gasteiger partial charge in [-0.15, -0.1) is 0 Å². The van der Waals surface area contributed by atoms with Crippen molar-refractivity contribution in [3.8, 4) is 0 Å². The first-order valence-electron chi connectivity index (χ1n) is 13.9. The number of hydrogen-bond donors (Lipinski definition) is 3. The highest BCUT2D eigenvalue weighted by atomic mass is 16.4. The molecule has 0 radical (unpaired) electrons. The maximum Gasteiger partial charge on any atom is 0.313 e. The normalized spacial score (nSPS) is 58.1. The first-order chi connectivity index (χ1) is 15.6. The van der Waals surface area contributed by atoms with Gasteiger partial charge in [-0.2, -0.15) is 0 Å². The lowest BCUT2D eigenvalue weighted by Crippen LogP contribution is -2.68. The van der Waals surface area contributed by atoms with Gasteiger partial charge in [0, 0.05) is 0 Å². The summed E-state index contributed by atoms with van der Waals surface area (Å²) < 4.78 is 0. The van der Waals surface area contributed by atoms with E-state index in [2.05, 4.69) is 41.5 Å². The summed E-state index contributed by atoms with van der Waals surface area (Å²) in [6, 6.07) is 0. The molecule has 4 fully saturated rings. The lowest BCUT2D eigenvalue weighted by molar-refractivity contribution is -0.254. The third-order valence-corrected chi connectivity index (χ3v) is 13.6. The van der Waals surface area contributed by atoms with Crippen LogP contribution in [0, 0.1) is 56.7 Å². The van der Waals surface area contributed by atoms with Crippen LogP contribution in [0.2, 0.25) is 0 Å². The van der Waals surface area contributed by atoms with Crippen molar-refractivity contribution in [3.63, 3.8) is 0 Å². The van der Waals surface area contributed by atoms with Gasteiger partial charge < -0.3 is 15.3 Å². The monoisotopic (exact) mass is 472 g/mol. The average molecular weight is 473 g/mol. The van der Waals surface area contributed by atoms with Crippen LogP contribution in [0.4, 0.5) is 0 Å². The molecule has 0 heterocycles. The summed E-state index contributed by atoms with van der Waals surface area (Å²) >= 11 is 0. The second kappa shape index (κ2) is 7.12. The maximum absolute atomic E-state index is 12.8. The number of fused-ring (bicyclic) bond motifs is 7. The van der Waals surface area contributed by atoms with Crippen LogP contribution in [-0.4, -0.2) is 33.0 Å². The predicted molar refractivity (Wildman–Crippen MR) is 134 cm³/mol. The van der Waals surface area contributed by atoms with E-state index in [1.165, 1.54) is 0 Å². The lowest BCUT2D eigenvalue weighted by atomic mass is 9.31. The number of hydrogen-bond acceptors (Lipinski definition) is 3. The number of carboxylic acids is 1. The van der Waals surface area contributed by atoms with Crippen molar-refractivity contribution in [1.29, 1.82) is 0 Å². The molecule has 3 N–H and O–H groups in total. The summed E-state index contributed by atoms with van der Waals surface area (Å²) in [5.74, 6) is 0.585. The van der Waals surface area contributed by atoms with Crippen LogP contribution in [0.15, 0.2) is 12.2 Å². The molecule has 0 amide bonds. The minimum Gasteiger partial charge on any atom is -0.481 e. The summed E-state index contributed by atoms with van der Waals surface area (Å²) in [6.45, 7) is 16.1. The Balaban J connectivity index is 1.58. The van der Waals surface area contributed by atoms with Crippen LogP contribution in [0.25, 0.3) is 0 Å². The fraction of sp³-hybridized carbons (Fsp3) is 0.900. The fourth-order valence-corrected chi connectivity index (χ4v) is 11.1. The fourth-order valence-electron chi connectivity index (χ4n) is 11.1. The Bertz CT molecular complexity index is 905. The Kier molecular flexibility index (Phi) is 5.20. The molecule has 0 bridgehead atoms. The third-order valence-electron chi connectivity index (χ3n) is 13.6. The van der Waals surface area contributed by atoms with Gasteiger partial charge in [0.05, 0.1) is 17.1 Å². The molecule has 192 valence electrons. The smallest absolute Gasteiger partial charge is 0.313 e. The van der Waals surface area contributed by atoms with E-state index in [1.54, 1.807) is 6.08 Å². The van der Waals surface area contributed by atoms with E-state index < -0.39 is 17.0 Å². The van der Waals surface area contributed by atoms with Crippen molar-refractivity contribution in [2.45, 2.75) is 112 Å². The summed E-state index contributed by atoms with van der Waals surface area (Å²) in [7, 11) is 0.